The van der Waals surface area contributed by atoms with Crippen molar-refractivity contribution in [1.82, 2.24) is 0 Å². The highest BCUT2D eigenvalue weighted by molar-refractivity contribution is 7.85. The first-order valence-electron chi connectivity index (χ1n) is 5.42. The molecule has 0 aliphatic heterocycles. The minimum Gasteiger partial charge on any atom is -0.398 e. The van der Waals surface area contributed by atoms with Gasteiger partial charge >= 0.3 is 0 Å². The Morgan fingerprint density at radius 3 is 2.87 bits per heavy atom. The number of hydrogen-bond donors (Lipinski definition) is 1. The zero-order valence-corrected chi connectivity index (χ0v) is 9.85. The van der Waals surface area contributed by atoms with Gasteiger partial charge < -0.3 is 5.73 Å². The van der Waals surface area contributed by atoms with E-state index in [9.17, 15) is 4.21 Å². The number of aryl methyl sites for hydroxylation is 1. The Morgan fingerprint density at radius 2 is 2.20 bits per heavy atom. The fraction of sp³-hybridized carbons (Fsp3) is 0.500. The van der Waals surface area contributed by atoms with Gasteiger partial charge in [0.2, 0.25) is 0 Å². The second-order valence-electron chi connectivity index (χ2n) is 4.27. The maximum Gasteiger partial charge on any atom is 0.0620 e. The molecule has 0 saturated heterocycles. The van der Waals surface area contributed by atoms with Gasteiger partial charge in [-0.25, -0.2) is 0 Å². The second kappa shape index (κ2) is 4.35. The molecular formula is C12H17NOS. The van der Waals surface area contributed by atoms with Gasteiger partial charge in [-0.2, -0.15) is 0 Å². The third-order valence-corrected chi connectivity index (χ3v) is 4.39. The van der Waals surface area contributed by atoms with Crippen LogP contribution in [0.4, 0.5) is 5.69 Å². The van der Waals surface area contributed by atoms with Gasteiger partial charge in [0.15, 0.2) is 0 Å². The highest BCUT2D eigenvalue weighted by Crippen LogP contribution is 2.33. The molecular weight excluding hydrogens is 206 g/mol. The number of anilines is 1. The normalized spacial score (nSPS) is 17.7. The Hall–Kier alpha value is -0.830. The number of hydrogen-bond acceptors (Lipinski definition) is 2. The van der Waals surface area contributed by atoms with Crippen LogP contribution in [0.2, 0.25) is 0 Å². The first kappa shape index (κ1) is 10.7. The fourth-order valence-electron chi connectivity index (χ4n) is 1.64. The molecule has 1 aromatic rings. The van der Waals surface area contributed by atoms with Crippen molar-refractivity contribution in [3.05, 3.63) is 23.8 Å². The summed E-state index contributed by atoms with van der Waals surface area (Å²) in [7, 11) is -0.911. The lowest BCUT2D eigenvalue weighted by Gasteiger charge is -2.07. The molecule has 2 nitrogen and oxygen atoms in total. The van der Waals surface area contributed by atoms with E-state index in [4.69, 9.17) is 5.73 Å². The van der Waals surface area contributed by atoms with Crippen LogP contribution in [0.25, 0.3) is 0 Å². The van der Waals surface area contributed by atoms with Crippen LogP contribution in [-0.2, 0) is 10.8 Å². The molecule has 15 heavy (non-hydrogen) atoms. The first-order chi connectivity index (χ1) is 7.18. The minimum atomic E-state index is -0.911. The van der Waals surface area contributed by atoms with Gasteiger partial charge in [-0.3, -0.25) is 4.21 Å². The molecule has 82 valence electrons. The van der Waals surface area contributed by atoms with Gasteiger partial charge in [-0.05, 0) is 30.9 Å². The third kappa shape index (κ3) is 2.59. The summed E-state index contributed by atoms with van der Waals surface area (Å²) in [6, 6.07) is 5.76. The van der Waals surface area contributed by atoms with E-state index in [-0.39, 0.29) is 0 Å². The SMILES string of the molecule is Cc1cccc(S(=O)CCC2CC2)c1N. The largest absolute Gasteiger partial charge is 0.398 e. The van der Waals surface area contributed by atoms with Crippen molar-refractivity contribution in [2.45, 2.75) is 31.1 Å². The van der Waals surface area contributed by atoms with Crippen molar-refractivity contribution < 1.29 is 4.21 Å². The molecule has 1 aliphatic rings. The quantitative estimate of drug-likeness (QED) is 0.797. The van der Waals surface area contributed by atoms with Crippen molar-refractivity contribution >= 4 is 16.5 Å². The maximum atomic E-state index is 12.0. The van der Waals surface area contributed by atoms with Crippen molar-refractivity contribution in [1.29, 1.82) is 0 Å². The number of rotatable bonds is 4. The Bertz CT molecular complexity index is 385. The van der Waals surface area contributed by atoms with Crippen LogP contribution >= 0.6 is 0 Å². The summed E-state index contributed by atoms with van der Waals surface area (Å²) in [5.74, 6) is 1.60. The van der Waals surface area contributed by atoms with Crippen molar-refractivity contribution in [3.63, 3.8) is 0 Å². The van der Waals surface area contributed by atoms with Crippen LogP contribution in [0.5, 0.6) is 0 Å². The number of nitrogen functional groups attached to an aromatic ring is 1. The average molecular weight is 223 g/mol. The van der Waals surface area contributed by atoms with E-state index < -0.39 is 10.8 Å². The summed E-state index contributed by atoms with van der Waals surface area (Å²) in [5, 5.41) is 0. The van der Waals surface area contributed by atoms with Crippen molar-refractivity contribution in [2.24, 2.45) is 5.92 Å². The van der Waals surface area contributed by atoms with Crippen LogP contribution in [-0.4, -0.2) is 9.96 Å². The lowest BCUT2D eigenvalue weighted by atomic mass is 10.2. The highest BCUT2D eigenvalue weighted by Gasteiger charge is 2.22. The zero-order chi connectivity index (χ0) is 10.8. The van der Waals surface area contributed by atoms with Gasteiger partial charge in [0, 0.05) is 5.75 Å². The Labute approximate surface area is 93.3 Å². The predicted molar refractivity (Wildman–Crippen MR) is 64.2 cm³/mol. The van der Waals surface area contributed by atoms with E-state index in [1.54, 1.807) is 0 Å². The molecule has 0 amide bonds. The molecule has 0 spiro atoms. The summed E-state index contributed by atoms with van der Waals surface area (Å²) in [6.45, 7) is 1.96. The minimum absolute atomic E-state index is 0.701. The second-order valence-corrected chi connectivity index (χ2v) is 5.81. The zero-order valence-electron chi connectivity index (χ0n) is 9.03. The van der Waals surface area contributed by atoms with Gasteiger partial charge in [-0.15, -0.1) is 0 Å². The Balaban J connectivity index is 2.06. The van der Waals surface area contributed by atoms with Gasteiger partial charge in [0.25, 0.3) is 0 Å². The lowest BCUT2D eigenvalue weighted by Crippen LogP contribution is -2.04. The van der Waals surface area contributed by atoms with E-state index in [1.807, 2.05) is 25.1 Å². The van der Waals surface area contributed by atoms with Gasteiger partial charge in [0.05, 0.1) is 21.4 Å². The van der Waals surface area contributed by atoms with Gasteiger partial charge in [-0.1, -0.05) is 25.0 Å². The smallest absolute Gasteiger partial charge is 0.0620 e. The molecule has 1 aliphatic carbocycles. The average Bonchev–Trinajstić information content (AvgIpc) is 3.02. The highest BCUT2D eigenvalue weighted by atomic mass is 32.2. The fourth-order valence-corrected chi connectivity index (χ4v) is 3.05. The predicted octanol–water partition coefficient (Wildman–Crippen LogP) is 2.48. The molecule has 1 atom stereocenters. The Kier molecular flexibility index (Phi) is 3.10. The summed E-state index contributed by atoms with van der Waals surface area (Å²) in [6.07, 6.45) is 3.72. The summed E-state index contributed by atoms with van der Waals surface area (Å²) in [4.78, 5) is 0.815. The van der Waals surface area contributed by atoms with E-state index >= 15 is 0 Å². The number of nitrogens with two attached hydrogens (primary N) is 1. The number of benzene rings is 1. The molecule has 0 heterocycles. The molecule has 2 rings (SSSR count). The van der Waals surface area contributed by atoms with Crippen LogP contribution in [0.15, 0.2) is 23.1 Å². The Morgan fingerprint density at radius 1 is 1.47 bits per heavy atom. The van der Waals surface area contributed by atoms with Crippen LogP contribution in [0.1, 0.15) is 24.8 Å². The summed E-state index contributed by atoms with van der Waals surface area (Å²) < 4.78 is 12.0. The topological polar surface area (TPSA) is 43.1 Å². The molecule has 1 aromatic carbocycles. The molecule has 0 aromatic heterocycles. The van der Waals surface area contributed by atoms with E-state index in [0.29, 0.717) is 5.69 Å². The molecule has 1 saturated carbocycles. The van der Waals surface area contributed by atoms with Gasteiger partial charge in [0.1, 0.15) is 0 Å². The molecule has 0 radical (unpaired) electrons. The van der Waals surface area contributed by atoms with E-state index in [0.717, 1.165) is 28.6 Å². The molecule has 1 fully saturated rings. The van der Waals surface area contributed by atoms with Crippen LogP contribution < -0.4 is 5.73 Å². The number of para-hydroxylation sites is 1. The van der Waals surface area contributed by atoms with Crippen LogP contribution in [0.3, 0.4) is 0 Å². The van der Waals surface area contributed by atoms with E-state index in [2.05, 4.69) is 0 Å². The monoisotopic (exact) mass is 223 g/mol. The molecule has 1 unspecified atom stereocenters. The summed E-state index contributed by atoms with van der Waals surface area (Å²) >= 11 is 0. The standard InChI is InChI=1S/C12H17NOS/c1-9-3-2-4-11(12(9)13)15(14)8-7-10-5-6-10/h2-4,10H,5-8,13H2,1H3. The lowest BCUT2D eigenvalue weighted by molar-refractivity contribution is 0.676. The molecule has 0 bridgehead atoms. The van der Waals surface area contributed by atoms with Crippen LogP contribution in [0, 0.1) is 12.8 Å². The summed E-state index contributed by atoms with van der Waals surface area (Å²) in [5.41, 5.74) is 7.63. The third-order valence-electron chi connectivity index (χ3n) is 2.94. The first-order valence-corrected chi connectivity index (χ1v) is 6.74. The molecule has 2 N–H and O–H groups in total. The van der Waals surface area contributed by atoms with Crippen molar-refractivity contribution in [3.8, 4) is 0 Å². The molecule has 3 heteroatoms. The maximum absolute atomic E-state index is 12.0. The van der Waals surface area contributed by atoms with E-state index in [1.165, 1.54) is 12.8 Å². The van der Waals surface area contributed by atoms with Crippen molar-refractivity contribution in [2.75, 3.05) is 11.5 Å².